The molecule has 100 valence electrons. The highest BCUT2D eigenvalue weighted by Gasteiger charge is 2.22. The summed E-state index contributed by atoms with van der Waals surface area (Å²) in [5, 5.41) is 0. The van der Waals surface area contributed by atoms with E-state index < -0.39 is 0 Å². The number of hydrogen-bond acceptors (Lipinski definition) is 2. The van der Waals surface area contributed by atoms with Crippen molar-refractivity contribution in [3.05, 3.63) is 28.7 Å². The molecule has 1 aliphatic heterocycles. The highest BCUT2D eigenvalue weighted by atomic mass is 79.9. The molecule has 2 atom stereocenters. The van der Waals surface area contributed by atoms with Crippen molar-refractivity contribution in [2.24, 2.45) is 11.7 Å². The van der Waals surface area contributed by atoms with Gasteiger partial charge in [0.1, 0.15) is 0 Å². The Morgan fingerprint density at radius 1 is 1.50 bits per heavy atom. The Morgan fingerprint density at radius 3 is 3.06 bits per heavy atom. The fraction of sp³-hybridized carbons (Fsp3) is 0.600. The molecule has 18 heavy (non-hydrogen) atoms. The first-order chi connectivity index (χ1) is 8.69. The van der Waals surface area contributed by atoms with Gasteiger partial charge in [0.25, 0.3) is 0 Å². The van der Waals surface area contributed by atoms with Gasteiger partial charge in [-0.2, -0.15) is 0 Å². The van der Waals surface area contributed by atoms with Crippen molar-refractivity contribution in [2.45, 2.75) is 38.6 Å². The van der Waals surface area contributed by atoms with Crippen LogP contribution in [0.4, 0.5) is 5.69 Å². The lowest BCUT2D eigenvalue weighted by Gasteiger charge is -2.19. The molecule has 0 aromatic heterocycles. The van der Waals surface area contributed by atoms with Crippen LogP contribution in [0.15, 0.2) is 28.7 Å². The number of nitrogens with zero attached hydrogens (tertiary/aromatic N) is 1. The summed E-state index contributed by atoms with van der Waals surface area (Å²) in [6.07, 6.45) is 4.86. The SMILES string of the molecule is CCC(N)CCC1CCN(c2cccc(Br)c2)C1. The second-order valence-electron chi connectivity index (χ2n) is 5.33. The van der Waals surface area contributed by atoms with Crippen molar-refractivity contribution in [1.82, 2.24) is 0 Å². The highest BCUT2D eigenvalue weighted by molar-refractivity contribution is 9.10. The molecule has 3 heteroatoms. The van der Waals surface area contributed by atoms with E-state index in [-0.39, 0.29) is 0 Å². The Hall–Kier alpha value is -0.540. The third-order valence-corrected chi connectivity index (χ3v) is 4.42. The van der Waals surface area contributed by atoms with Crippen LogP contribution in [0.1, 0.15) is 32.6 Å². The summed E-state index contributed by atoms with van der Waals surface area (Å²) in [5.41, 5.74) is 7.34. The molecule has 2 nitrogen and oxygen atoms in total. The summed E-state index contributed by atoms with van der Waals surface area (Å²) in [6.45, 7) is 4.54. The van der Waals surface area contributed by atoms with E-state index >= 15 is 0 Å². The molecule has 0 saturated carbocycles. The average molecular weight is 311 g/mol. The number of hydrogen-bond donors (Lipinski definition) is 1. The van der Waals surface area contributed by atoms with Gasteiger partial charge in [-0.25, -0.2) is 0 Å². The zero-order valence-electron chi connectivity index (χ0n) is 11.1. The van der Waals surface area contributed by atoms with Gasteiger partial charge in [-0.15, -0.1) is 0 Å². The van der Waals surface area contributed by atoms with E-state index in [4.69, 9.17) is 5.73 Å². The molecule has 1 aromatic carbocycles. The Labute approximate surface area is 119 Å². The monoisotopic (exact) mass is 310 g/mol. The van der Waals surface area contributed by atoms with E-state index in [9.17, 15) is 0 Å². The molecule has 0 aliphatic carbocycles. The maximum Gasteiger partial charge on any atom is 0.0377 e. The third-order valence-electron chi connectivity index (χ3n) is 3.93. The number of benzene rings is 1. The molecule has 0 spiro atoms. The lowest BCUT2D eigenvalue weighted by molar-refractivity contribution is 0.464. The molecule has 0 bridgehead atoms. The van der Waals surface area contributed by atoms with Crippen LogP contribution in [0.2, 0.25) is 0 Å². The summed E-state index contributed by atoms with van der Waals surface area (Å²) in [6, 6.07) is 8.99. The van der Waals surface area contributed by atoms with E-state index in [0.717, 1.165) is 16.8 Å². The number of rotatable bonds is 5. The first-order valence-electron chi connectivity index (χ1n) is 6.95. The second-order valence-corrected chi connectivity index (χ2v) is 6.24. The fourth-order valence-electron chi connectivity index (χ4n) is 2.63. The van der Waals surface area contributed by atoms with Gasteiger partial charge in [-0.1, -0.05) is 28.9 Å². The quantitative estimate of drug-likeness (QED) is 0.896. The largest absolute Gasteiger partial charge is 0.371 e. The second kappa shape index (κ2) is 6.58. The summed E-state index contributed by atoms with van der Waals surface area (Å²) >= 11 is 3.54. The van der Waals surface area contributed by atoms with Gasteiger partial charge in [-0.3, -0.25) is 0 Å². The van der Waals surface area contributed by atoms with Crippen molar-refractivity contribution >= 4 is 21.6 Å². The number of halogens is 1. The maximum absolute atomic E-state index is 6.00. The summed E-state index contributed by atoms with van der Waals surface area (Å²) in [5.74, 6) is 0.821. The standard InChI is InChI=1S/C15H23BrN2/c1-2-14(17)7-6-12-8-9-18(11-12)15-5-3-4-13(16)10-15/h3-5,10,12,14H,2,6-9,11,17H2,1H3. The highest BCUT2D eigenvalue weighted by Crippen LogP contribution is 2.28. The molecule has 1 fully saturated rings. The van der Waals surface area contributed by atoms with Crippen LogP contribution >= 0.6 is 15.9 Å². The molecular weight excluding hydrogens is 288 g/mol. The Balaban J connectivity index is 1.85. The predicted octanol–water partition coefficient (Wildman–Crippen LogP) is 3.79. The lowest BCUT2D eigenvalue weighted by Crippen LogP contribution is -2.22. The van der Waals surface area contributed by atoms with Crippen molar-refractivity contribution in [2.75, 3.05) is 18.0 Å². The van der Waals surface area contributed by atoms with Crippen LogP contribution in [-0.2, 0) is 0 Å². The van der Waals surface area contributed by atoms with Gasteiger partial charge >= 0.3 is 0 Å². The summed E-state index contributed by atoms with van der Waals surface area (Å²) < 4.78 is 1.16. The van der Waals surface area contributed by atoms with Crippen LogP contribution in [0.5, 0.6) is 0 Å². The molecule has 0 radical (unpaired) electrons. The van der Waals surface area contributed by atoms with Crippen molar-refractivity contribution in [3.63, 3.8) is 0 Å². The molecule has 0 amide bonds. The van der Waals surface area contributed by atoms with Gasteiger partial charge in [0, 0.05) is 29.3 Å². The topological polar surface area (TPSA) is 29.3 Å². The number of nitrogens with two attached hydrogens (primary N) is 1. The average Bonchev–Trinajstić information content (AvgIpc) is 2.84. The molecule has 2 N–H and O–H groups in total. The van der Waals surface area contributed by atoms with Gasteiger partial charge in [0.15, 0.2) is 0 Å². The molecule has 1 heterocycles. The minimum atomic E-state index is 0.393. The minimum absolute atomic E-state index is 0.393. The molecule has 1 saturated heterocycles. The zero-order chi connectivity index (χ0) is 13.0. The summed E-state index contributed by atoms with van der Waals surface area (Å²) in [7, 11) is 0. The lowest BCUT2D eigenvalue weighted by atomic mass is 9.98. The zero-order valence-corrected chi connectivity index (χ0v) is 12.7. The fourth-order valence-corrected chi connectivity index (χ4v) is 3.02. The van der Waals surface area contributed by atoms with E-state index in [1.54, 1.807) is 0 Å². The van der Waals surface area contributed by atoms with Gasteiger partial charge < -0.3 is 10.6 Å². The van der Waals surface area contributed by atoms with Gasteiger partial charge in [-0.05, 0) is 49.8 Å². The Bertz CT molecular complexity index is 381. The third kappa shape index (κ3) is 3.72. The van der Waals surface area contributed by atoms with Gasteiger partial charge in [0.05, 0.1) is 0 Å². The predicted molar refractivity (Wildman–Crippen MR) is 82.0 cm³/mol. The first-order valence-corrected chi connectivity index (χ1v) is 7.74. The maximum atomic E-state index is 6.00. The van der Waals surface area contributed by atoms with Crippen LogP contribution < -0.4 is 10.6 Å². The molecule has 1 aliphatic rings. The van der Waals surface area contributed by atoms with Crippen LogP contribution in [0.3, 0.4) is 0 Å². The van der Waals surface area contributed by atoms with E-state index in [1.807, 2.05) is 0 Å². The number of anilines is 1. The van der Waals surface area contributed by atoms with Crippen molar-refractivity contribution in [1.29, 1.82) is 0 Å². The van der Waals surface area contributed by atoms with Crippen LogP contribution in [-0.4, -0.2) is 19.1 Å². The molecule has 1 aromatic rings. The van der Waals surface area contributed by atoms with E-state index in [0.29, 0.717) is 6.04 Å². The molecule has 2 unspecified atom stereocenters. The first kappa shape index (κ1) is 13.9. The smallest absolute Gasteiger partial charge is 0.0377 e. The Kier molecular flexibility index (Phi) is 5.07. The van der Waals surface area contributed by atoms with Crippen molar-refractivity contribution < 1.29 is 0 Å². The molecular formula is C15H23BrN2. The van der Waals surface area contributed by atoms with Crippen LogP contribution in [0, 0.1) is 5.92 Å². The van der Waals surface area contributed by atoms with E-state index in [2.05, 4.69) is 52.0 Å². The van der Waals surface area contributed by atoms with Crippen LogP contribution in [0.25, 0.3) is 0 Å². The minimum Gasteiger partial charge on any atom is -0.371 e. The van der Waals surface area contributed by atoms with E-state index in [1.165, 1.54) is 38.0 Å². The molecule has 2 rings (SSSR count). The summed E-state index contributed by atoms with van der Waals surface area (Å²) in [4.78, 5) is 2.49. The van der Waals surface area contributed by atoms with Crippen molar-refractivity contribution in [3.8, 4) is 0 Å². The Morgan fingerprint density at radius 2 is 2.33 bits per heavy atom. The van der Waals surface area contributed by atoms with Gasteiger partial charge in [0.2, 0.25) is 0 Å². The normalized spacial score (nSPS) is 21.3.